The van der Waals surface area contributed by atoms with Crippen LogP contribution in [0.5, 0.6) is 5.75 Å². The van der Waals surface area contributed by atoms with E-state index >= 15 is 0 Å². The van der Waals surface area contributed by atoms with Crippen LogP contribution in [0.3, 0.4) is 0 Å². The summed E-state index contributed by atoms with van der Waals surface area (Å²) in [6.07, 6.45) is 0. The third-order valence-corrected chi connectivity index (χ3v) is 5.38. The van der Waals surface area contributed by atoms with Gasteiger partial charge in [-0.1, -0.05) is 48.5 Å². The van der Waals surface area contributed by atoms with Gasteiger partial charge in [-0.15, -0.1) is 0 Å². The number of piperazine rings is 1. The standard InChI is InChI=1S/C24H33N3O2/c1-21(2)27(19-22-9-5-3-6-10-22)24(28)20-26-15-13-25(14-16-26)17-18-29-23-11-7-4-8-12-23/h3-12,21H,13-20H2,1-2H3. The summed E-state index contributed by atoms with van der Waals surface area (Å²) in [7, 11) is 0. The van der Waals surface area contributed by atoms with Crippen molar-refractivity contribution in [1.29, 1.82) is 0 Å². The lowest BCUT2D eigenvalue weighted by molar-refractivity contribution is -0.135. The Bertz CT molecular complexity index is 728. The number of nitrogens with zero attached hydrogens (tertiary/aromatic N) is 3. The highest BCUT2D eigenvalue weighted by molar-refractivity contribution is 5.78. The van der Waals surface area contributed by atoms with Gasteiger partial charge in [0.15, 0.2) is 0 Å². The summed E-state index contributed by atoms with van der Waals surface area (Å²) in [5, 5.41) is 0. The SMILES string of the molecule is CC(C)N(Cc1ccccc1)C(=O)CN1CCN(CCOc2ccccc2)CC1. The molecule has 0 aromatic heterocycles. The molecule has 156 valence electrons. The topological polar surface area (TPSA) is 36.0 Å². The molecule has 0 atom stereocenters. The molecule has 0 aliphatic carbocycles. The number of carbonyl (C=O) groups excluding carboxylic acids is 1. The minimum Gasteiger partial charge on any atom is -0.492 e. The van der Waals surface area contributed by atoms with Crippen LogP contribution in [0, 0.1) is 0 Å². The minimum atomic E-state index is 0.194. The fourth-order valence-corrected chi connectivity index (χ4v) is 3.60. The Morgan fingerprint density at radius 1 is 0.931 bits per heavy atom. The molecule has 1 fully saturated rings. The van der Waals surface area contributed by atoms with Crippen molar-refractivity contribution >= 4 is 5.91 Å². The third-order valence-electron chi connectivity index (χ3n) is 5.38. The van der Waals surface area contributed by atoms with Gasteiger partial charge in [0.05, 0.1) is 6.54 Å². The van der Waals surface area contributed by atoms with Gasteiger partial charge in [0.1, 0.15) is 12.4 Å². The predicted octanol–water partition coefficient (Wildman–Crippen LogP) is 3.12. The number of ether oxygens (including phenoxy) is 1. The molecule has 1 aliphatic rings. The minimum absolute atomic E-state index is 0.194. The molecule has 5 heteroatoms. The van der Waals surface area contributed by atoms with Gasteiger partial charge in [-0.2, -0.15) is 0 Å². The molecule has 2 aromatic rings. The van der Waals surface area contributed by atoms with Crippen LogP contribution in [-0.4, -0.2) is 72.5 Å². The van der Waals surface area contributed by atoms with E-state index in [0.717, 1.165) is 38.5 Å². The molecule has 2 aromatic carbocycles. The smallest absolute Gasteiger partial charge is 0.237 e. The van der Waals surface area contributed by atoms with E-state index in [1.165, 1.54) is 5.56 Å². The molecule has 0 N–H and O–H groups in total. The van der Waals surface area contributed by atoms with Gasteiger partial charge >= 0.3 is 0 Å². The van der Waals surface area contributed by atoms with Crippen LogP contribution >= 0.6 is 0 Å². The van der Waals surface area contributed by atoms with E-state index in [1.54, 1.807) is 0 Å². The fourth-order valence-electron chi connectivity index (χ4n) is 3.60. The van der Waals surface area contributed by atoms with E-state index in [4.69, 9.17) is 4.74 Å². The van der Waals surface area contributed by atoms with Crippen molar-refractivity contribution in [2.45, 2.75) is 26.4 Å². The van der Waals surface area contributed by atoms with Crippen LogP contribution in [0.2, 0.25) is 0 Å². The molecule has 1 saturated heterocycles. The van der Waals surface area contributed by atoms with Crippen LogP contribution in [-0.2, 0) is 11.3 Å². The van der Waals surface area contributed by atoms with Crippen molar-refractivity contribution < 1.29 is 9.53 Å². The Morgan fingerprint density at radius 2 is 1.52 bits per heavy atom. The van der Waals surface area contributed by atoms with Gasteiger partial charge in [0, 0.05) is 45.3 Å². The Labute approximate surface area is 174 Å². The van der Waals surface area contributed by atoms with Crippen molar-refractivity contribution in [2.75, 3.05) is 45.9 Å². The summed E-state index contributed by atoms with van der Waals surface area (Å²) in [4.78, 5) is 19.6. The number of carbonyl (C=O) groups is 1. The van der Waals surface area contributed by atoms with Crippen LogP contribution in [0.25, 0.3) is 0 Å². The lowest BCUT2D eigenvalue weighted by Gasteiger charge is -2.36. The average molecular weight is 396 g/mol. The summed E-state index contributed by atoms with van der Waals surface area (Å²) in [5.74, 6) is 1.13. The van der Waals surface area contributed by atoms with Gasteiger partial charge in [-0.25, -0.2) is 0 Å². The number of benzene rings is 2. The van der Waals surface area contributed by atoms with Gasteiger partial charge < -0.3 is 9.64 Å². The van der Waals surface area contributed by atoms with Gasteiger partial charge in [-0.05, 0) is 31.5 Å². The zero-order valence-electron chi connectivity index (χ0n) is 17.7. The first-order valence-corrected chi connectivity index (χ1v) is 10.6. The summed E-state index contributed by atoms with van der Waals surface area (Å²) in [6.45, 7) is 10.8. The van der Waals surface area contributed by atoms with Gasteiger partial charge in [0.2, 0.25) is 5.91 Å². The number of para-hydroxylation sites is 1. The average Bonchev–Trinajstić information content (AvgIpc) is 2.74. The molecule has 0 spiro atoms. The van der Waals surface area contributed by atoms with Crippen molar-refractivity contribution in [2.24, 2.45) is 0 Å². The Kier molecular flexibility index (Phi) is 8.08. The van der Waals surface area contributed by atoms with Gasteiger partial charge in [0.25, 0.3) is 0 Å². The summed E-state index contributed by atoms with van der Waals surface area (Å²) in [6, 6.07) is 20.4. The Hall–Kier alpha value is -2.37. The maximum atomic E-state index is 12.9. The molecule has 3 rings (SSSR count). The molecule has 0 radical (unpaired) electrons. The van der Waals surface area contributed by atoms with Crippen LogP contribution in [0.4, 0.5) is 0 Å². The highest BCUT2D eigenvalue weighted by Gasteiger charge is 2.23. The quantitative estimate of drug-likeness (QED) is 0.654. The molecule has 5 nitrogen and oxygen atoms in total. The van der Waals surface area contributed by atoms with E-state index in [9.17, 15) is 4.79 Å². The molecule has 1 aliphatic heterocycles. The second-order valence-electron chi connectivity index (χ2n) is 7.88. The van der Waals surface area contributed by atoms with Crippen molar-refractivity contribution in [3.8, 4) is 5.75 Å². The first kappa shape index (κ1) is 21.3. The largest absolute Gasteiger partial charge is 0.492 e. The molecular formula is C24H33N3O2. The summed E-state index contributed by atoms with van der Waals surface area (Å²) in [5.41, 5.74) is 1.18. The van der Waals surface area contributed by atoms with E-state index in [1.807, 2.05) is 53.4 Å². The van der Waals surface area contributed by atoms with Crippen molar-refractivity contribution in [1.82, 2.24) is 14.7 Å². The zero-order chi connectivity index (χ0) is 20.5. The Morgan fingerprint density at radius 3 is 2.14 bits per heavy atom. The number of rotatable bonds is 9. The molecule has 29 heavy (non-hydrogen) atoms. The molecule has 1 heterocycles. The van der Waals surface area contributed by atoms with Crippen molar-refractivity contribution in [3.63, 3.8) is 0 Å². The molecule has 0 bridgehead atoms. The Balaban J connectivity index is 1.40. The lowest BCUT2D eigenvalue weighted by atomic mass is 10.2. The van der Waals surface area contributed by atoms with Crippen LogP contribution in [0.1, 0.15) is 19.4 Å². The molecule has 0 unspecified atom stereocenters. The summed E-state index contributed by atoms with van der Waals surface area (Å²) >= 11 is 0. The van der Waals surface area contributed by atoms with E-state index in [2.05, 4.69) is 35.8 Å². The molecule has 0 saturated carbocycles. The third kappa shape index (κ3) is 6.87. The zero-order valence-corrected chi connectivity index (χ0v) is 17.7. The second-order valence-corrected chi connectivity index (χ2v) is 7.88. The normalized spacial score (nSPS) is 15.4. The van der Waals surface area contributed by atoms with E-state index in [0.29, 0.717) is 19.7 Å². The monoisotopic (exact) mass is 395 g/mol. The summed E-state index contributed by atoms with van der Waals surface area (Å²) < 4.78 is 5.80. The molecular weight excluding hydrogens is 362 g/mol. The van der Waals surface area contributed by atoms with Gasteiger partial charge in [-0.3, -0.25) is 14.6 Å². The maximum Gasteiger partial charge on any atom is 0.237 e. The number of hydrogen-bond donors (Lipinski definition) is 0. The first-order chi connectivity index (χ1) is 14.1. The fraction of sp³-hybridized carbons (Fsp3) is 0.458. The van der Waals surface area contributed by atoms with Crippen LogP contribution < -0.4 is 4.74 Å². The number of amides is 1. The highest BCUT2D eigenvalue weighted by atomic mass is 16.5. The van der Waals surface area contributed by atoms with E-state index < -0.39 is 0 Å². The number of hydrogen-bond acceptors (Lipinski definition) is 4. The molecule has 1 amide bonds. The maximum absolute atomic E-state index is 12.9. The second kappa shape index (κ2) is 11.0. The lowest BCUT2D eigenvalue weighted by Crippen LogP contribution is -2.51. The van der Waals surface area contributed by atoms with Crippen LogP contribution in [0.15, 0.2) is 60.7 Å². The van der Waals surface area contributed by atoms with E-state index in [-0.39, 0.29) is 11.9 Å². The predicted molar refractivity (Wildman–Crippen MR) is 117 cm³/mol. The highest BCUT2D eigenvalue weighted by Crippen LogP contribution is 2.11. The first-order valence-electron chi connectivity index (χ1n) is 10.6. The van der Waals surface area contributed by atoms with Crippen molar-refractivity contribution in [3.05, 3.63) is 66.2 Å².